The van der Waals surface area contributed by atoms with Gasteiger partial charge >= 0.3 is 5.97 Å². The Labute approximate surface area is 109 Å². The monoisotopic (exact) mass is 272 g/mol. The molecule has 0 aromatic heterocycles. The number of nitrogens with two attached hydrogens (primary N) is 1. The van der Waals surface area contributed by atoms with Crippen LogP contribution in [0.25, 0.3) is 0 Å². The third kappa shape index (κ3) is 3.90. The molecule has 0 radical (unpaired) electrons. The number of amides is 1. The van der Waals surface area contributed by atoms with Crippen LogP contribution < -0.4 is 15.8 Å². The number of carboxylic acids is 1. The van der Waals surface area contributed by atoms with Crippen LogP contribution in [0.4, 0.5) is 5.69 Å². The Balaban J connectivity index is 2.70. The van der Waals surface area contributed by atoms with Gasteiger partial charge in [-0.1, -0.05) is 11.6 Å². The summed E-state index contributed by atoms with van der Waals surface area (Å²) in [5.41, 5.74) is 5.83. The maximum absolute atomic E-state index is 11.5. The first-order chi connectivity index (χ1) is 8.43. The molecule has 1 atom stereocenters. The van der Waals surface area contributed by atoms with Gasteiger partial charge in [-0.15, -0.1) is 0 Å². The Kier molecular flexibility index (Phi) is 4.94. The average Bonchev–Trinajstić information content (AvgIpc) is 2.28. The third-order valence-corrected chi connectivity index (χ3v) is 2.45. The summed E-state index contributed by atoms with van der Waals surface area (Å²) >= 11 is 5.88. The second-order valence-electron chi connectivity index (χ2n) is 3.54. The number of carbonyl (C=O) groups excluding carboxylic acids is 1. The fourth-order valence-corrected chi connectivity index (χ4v) is 1.52. The summed E-state index contributed by atoms with van der Waals surface area (Å²) < 4.78 is 4.96. The van der Waals surface area contributed by atoms with E-state index in [4.69, 9.17) is 27.2 Å². The van der Waals surface area contributed by atoms with Gasteiger partial charge in [-0.25, -0.2) is 0 Å². The van der Waals surface area contributed by atoms with E-state index in [0.29, 0.717) is 16.5 Å². The number of hydrogen-bond donors (Lipinski definition) is 3. The number of rotatable bonds is 5. The Morgan fingerprint density at radius 3 is 2.72 bits per heavy atom. The molecule has 6 nitrogen and oxygen atoms in total. The van der Waals surface area contributed by atoms with Crippen LogP contribution in [-0.4, -0.2) is 30.1 Å². The molecule has 0 heterocycles. The molecule has 1 aromatic rings. The summed E-state index contributed by atoms with van der Waals surface area (Å²) in [4.78, 5) is 21.9. The van der Waals surface area contributed by atoms with Gasteiger partial charge in [0.05, 0.1) is 24.6 Å². The predicted octanol–water partition coefficient (Wildman–Crippen LogP) is 1.09. The summed E-state index contributed by atoms with van der Waals surface area (Å²) in [6.07, 6.45) is -0.435. The molecule has 1 aromatic carbocycles. The molecule has 0 aliphatic rings. The maximum atomic E-state index is 11.5. The summed E-state index contributed by atoms with van der Waals surface area (Å²) in [6.45, 7) is 0. The van der Waals surface area contributed by atoms with Crippen molar-refractivity contribution in [2.45, 2.75) is 12.5 Å². The van der Waals surface area contributed by atoms with E-state index in [9.17, 15) is 9.59 Å². The van der Waals surface area contributed by atoms with Gasteiger partial charge in [0.1, 0.15) is 5.75 Å². The van der Waals surface area contributed by atoms with E-state index >= 15 is 0 Å². The van der Waals surface area contributed by atoms with Crippen LogP contribution in [0, 0.1) is 0 Å². The summed E-state index contributed by atoms with van der Waals surface area (Å²) in [7, 11) is 1.47. The normalized spacial score (nSPS) is 11.7. The van der Waals surface area contributed by atoms with Crippen molar-refractivity contribution in [3.8, 4) is 5.75 Å². The lowest BCUT2D eigenvalue weighted by molar-refractivity contribution is -0.138. The lowest BCUT2D eigenvalue weighted by atomic mass is 10.2. The first-order valence-corrected chi connectivity index (χ1v) is 5.43. The maximum Gasteiger partial charge on any atom is 0.305 e. The van der Waals surface area contributed by atoms with E-state index in [1.54, 1.807) is 12.1 Å². The molecule has 0 bridgehead atoms. The second kappa shape index (κ2) is 6.23. The molecular weight excluding hydrogens is 260 g/mol. The van der Waals surface area contributed by atoms with Crippen LogP contribution >= 0.6 is 11.6 Å². The minimum absolute atomic E-state index is 0.335. The van der Waals surface area contributed by atoms with E-state index in [2.05, 4.69) is 5.32 Å². The largest absolute Gasteiger partial charge is 0.495 e. The molecular formula is C11H13ClN2O4. The molecule has 1 rings (SSSR count). The van der Waals surface area contributed by atoms with Gasteiger partial charge in [0.25, 0.3) is 0 Å². The molecule has 98 valence electrons. The summed E-state index contributed by atoms with van der Waals surface area (Å²) in [5, 5.41) is 11.3. The Hall–Kier alpha value is -1.79. The molecule has 0 saturated heterocycles. The van der Waals surface area contributed by atoms with E-state index < -0.39 is 24.3 Å². The minimum Gasteiger partial charge on any atom is -0.495 e. The standard InChI is InChI=1S/C11H13ClN2O4/c1-18-9-3-2-6(4-7(9)12)14-11(17)8(13)5-10(15)16/h2-4,8H,5,13H2,1H3,(H,14,17)(H,15,16). The van der Waals surface area contributed by atoms with Crippen LogP contribution in [0.2, 0.25) is 5.02 Å². The number of benzene rings is 1. The molecule has 4 N–H and O–H groups in total. The van der Waals surface area contributed by atoms with Crippen molar-refractivity contribution in [1.82, 2.24) is 0 Å². The fraction of sp³-hybridized carbons (Fsp3) is 0.273. The van der Waals surface area contributed by atoms with Gasteiger partial charge in [0.2, 0.25) is 5.91 Å². The molecule has 0 aliphatic heterocycles. The number of nitrogens with one attached hydrogen (secondary N) is 1. The Morgan fingerprint density at radius 1 is 1.56 bits per heavy atom. The molecule has 0 saturated carbocycles. The Bertz CT molecular complexity index is 464. The SMILES string of the molecule is COc1ccc(NC(=O)C(N)CC(=O)O)cc1Cl. The number of carboxylic acid groups (broad SMARTS) is 1. The van der Waals surface area contributed by atoms with Crippen molar-refractivity contribution in [3.63, 3.8) is 0 Å². The first-order valence-electron chi connectivity index (χ1n) is 5.06. The van der Waals surface area contributed by atoms with Crippen molar-refractivity contribution < 1.29 is 19.4 Å². The van der Waals surface area contributed by atoms with Crippen molar-refractivity contribution in [2.24, 2.45) is 5.73 Å². The molecule has 7 heteroatoms. The topological polar surface area (TPSA) is 102 Å². The number of halogens is 1. The van der Waals surface area contributed by atoms with Gasteiger partial charge in [0, 0.05) is 5.69 Å². The van der Waals surface area contributed by atoms with Crippen molar-refractivity contribution in [2.75, 3.05) is 12.4 Å². The zero-order valence-electron chi connectivity index (χ0n) is 9.64. The number of ether oxygens (including phenoxy) is 1. The van der Waals surface area contributed by atoms with Gasteiger partial charge < -0.3 is 20.9 Å². The Morgan fingerprint density at radius 2 is 2.22 bits per heavy atom. The first kappa shape index (κ1) is 14.3. The number of anilines is 1. The lowest BCUT2D eigenvalue weighted by Gasteiger charge is -2.11. The highest BCUT2D eigenvalue weighted by Crippen LogP contribution is 2.27. The van der Waals surface area contributed by atoms with Gasteiger partial charge in [-0.3, -0.25) is 9.59 Å². The van der Waals surface area contributed by atoms with Gasteiger partial charge in [0.15, 0.2) is 0 Å². The zero-order chi connectivity index (χ0) is 13.7. The number of methoxy groups -OCH3 is 1. The van der Waals surface area contributed by atoms with Crippen molar-refractivity contribution in [3.05, 3.63) is 23.2 Å². The molecule has 0 spiro atoms. The summed E-state index contributed by atoms with van der Waals surface area (Å²) in [5.74, 6) is -1.24. The quantitative estimate of drug-likeness (QED) is 0.745. The molecule has 1 unspecified atom stereocenters. The molecule has 18 heavy (non-hydrogen) atoms. The predicted molar refractivity (Wildman–Crippen MR) is 66.9 cm³/mol. The smallest absolute Gasteiger partial charge is 0.305 e. The number of hydrogen-bond acceptors (Lipinski definition) is 4. The van der Waals surface area contributed by atoms with Crippen LogP contribution in [0.3, 0.4) is 0 Å². The molecule has 0 aliphatic carbocycles. The van der Waals surface area contributed by atoms with E-state index in [1.165, 1.54) is 13.2 Å². The van der Waals surface area contributed by atoms with Crippen molar-refractivity contribution >= 4 is 29.2 Å². The number of carbonyl (C=O) groups is 2. The highest BCUT2D eigenvalue weighted by molar-refractivity contribution is 6.32. The van der Waals surface area contributed by atoms with Gasteiger partial charge in [-0.05, 0) is 18.2 Å². The van der Waals surface area contributed by atoms with Crippen LogP contribution in [0.1, 0.15) is 6.42 Å². The van der Waals surface area contributed by atoms with Crippen LogP contribution in [0.15, 0.2) is 18.2 Å². The van der Waals surface area contributed by atoms with E-state index in [1.807, 2.05) is 0 Å². The van der Waals surface area contributed by atoms with E-state index in [-0.39, 0.29) is 0 Å². The minimum atomic E-state index is -1.13. The van der Waals surface area contributed by atoms with E-state index in [0.717, 1.165) is 0 Å². The zero-order valence-corrected chi connectivity index (χ0v) is 10.4. The third-order valence-electron chi connectivity index (χ3n) is 2.15. The van der Waals surface area contributed by atoms with Crippen molar-refractivity contribution in [1.29, 1.82) is 0 Å². The summed E-state index contributed by atoms with van der Waals surface area (Å²) in [6, 6.07) is 3.55. The lowest BCUT2D eigenvalue weighted by Crippen LogP contribution is -2.37. The van der Waals surface area contributed by atoms with Crippen LogP contribution in [-0.2, 0) is 9.59 Å². The van der Waals surface area contributed by atoms with Crippen LogP contribution in [0.5, 0.6) is 5.75 Å². The number of aliphatic carboxylic acids is 1. The highest BCUT2D eigenvalue weighted by Gasteiger charge is 2.17. The van der Waals surface area contributed by atoms with Gasteiger partial charge in [-0.2, -0.15) is 0 Å². The second-order valence-corrected chi connectivity index (χ2v) is 3.95. The average molecular weight is 273 g/mol. The fourth-order valence-electron chi connectivity index (χ4n) is 1.26. The molecule has 1 amide bonds. The molecule has 0 fully saturated rings. The highest BCUT2D eigenvalue weighted by atomic mass is 35.5.